The molecule has 2 rings (SSSR count). The van der Waals surface area contributed by atoms with Crippen molar-refractivity contribution in [3.05, 3.63) is 53.6 Å². The SMILES string of the molecule is COc1ccc(CCNCCC(=O)Nc2cccc(C#N)c2)cc1OC. The van der Waals surface area contributed by atoms with Crippen molar-refractivity contribution in [1.29, 1.82) is 5.26 Å². The van der Waals surface area contributed by atoms with Crippen LogP contribution in [0, 0.1) is 11.3 Å². The molecule has 0 unspecified atom stereocenters. The molecule has 0 bridgehead atoms. The summed E-state index contributed by atoms with van der Waals surface area (Å²) in [5, 5.41) is 14.9. The summed E-state index contributed by atoms with van der Waals surface area (Å²) in [6.07, 6.45) is 1.19. The molecule has 2 N–H and O–H groups in total. The van der Waals surface area contributed by atoms with Crippen LogP contribution in [0.1, 0.15) is 17.5 Å². The van der Waals surface area contributed by atoms with Crippen LogP contribution >= 0.6 is 0 Å². The molecule has 2 aromatic carbocycles. The predicted octanol–water partition coefficient (Wildman–Crippen LogP) is 2.74. The number of ether oxygens (including phenoxy) is 2. The number of nitrogens with one attached hydrogen (secondary N) is 2. The van der Waals surface area contributed by atoms with Gasteiger partial charge in [0.05, 0.1) is 25.9 Å². The molecule has 0 heterocycles. The van der Waals surface area contributed by atoms with E-state index >= 15 is 0 Å². The van der Waals surface area contributed by atoms with Crippen molar-refractivity contribution in [1.82, 2.24) is 5.32 Å². The molecular weight excluding hydrogens is 330 g/mol. The fourth-order valence-electron chi connectivity index (χ4n) is 2.49. The second-order valence-electron chi connectivity index (χ2n) is 5.68. The first kappa shape index (κ1) is 19.3. The van der Waals surface area contributed by atoms with E-state index in [9.17, 15) is 4.79 Å². The molecule has 0 spiro atoms. The molecule has 0 aliphatic rings. The number of rotatable bonds is 9. The Morgan fingerprint density at radius 1 is 1.08 bits per heavy atom. The van der Waals surface area contributed by atoms with Gasteiger partial charge in [0.1, 0.15) is 0 Å². The predicted molar refractivity (Wildman–Crippen MR) is 101 cm³/mol. The van der Waals surface area contributed by atoms with Gasteiger partial charge in [-0.25, -0.2) is 0 Å². The number of methoxy groups -OCH3 is 2. The van der Waals surface area contributed by atoms with E-state index in [4.69, 9.17) is 14.7 Å². The van der Waals surface area contributed by atoms with Crippen molar-refractivity contribution < 1.29 is 14.3 Å². The summed E-state index contributed by atoms with van der Waals surface area (Å²) in [4.78, 5) is 11.9. The number of hydrogen-bond acceptors (Lipinski definition) is 5. The molecule has 0 atom stereocenters. The minimum Gasteiger partial charge on any atom is -0.493 e. The Hall–Kier alpha value is -3.04. The fraction of sp³-hybridized carbons (Fsp3) is 0.300. The highest BCUT2D eigenvalue weighted by atomic mass is 16.5. The van der Waals surface area contributed by atoms with E-state index in [0.717, 1.165) is 18.5 Å². The third-order valence-corrected chi connectivity index (χ3v) is 3.84. The maximum Gasteiger partial charge on any atom is 0.225 e. The zero-order chi connectivity index (χ0) is 18.8. The average Bonchev–Trinajstić information content (AvgIpc) is 2.67. The number of hydrogen-bond donors (Lipinski definition) is 2. The van der Waals surface area contributed by atoms with Crippen molar-refractivity contribution in [2.75, 3.05) is 32.6 Å². The summed E-state index contributed by atoms with van der Waals surface area (Å²) >= 11 is 0. The molecule has 0 fully saturated rings. The summed E-state index contributed by atoms with van der Waals surface area (Å²) in [5.41, 5.74) is 2.29. The highest BCUT2D eigenvalue weighted by molar-refractivity contribution is 5.90. The Balaban J connectivity index is 1.70. The first-order chi connectivity index (χ1) is 12.7. The van der Waals surface area contributed by atoms with E-state index in [1.54, 1.807) is 38.5 Å². The first-order valence-electron chi connectivity index (χ1n) is 8.38. The summed E-state index contributed by atoms with van der Waals surface area (Å²) in [7, 11) is 3.23. The van der Waals surface area contributed by atoms with Gasteiger partial charge in [-0.1, -0.05) is 12.1 Å². The summed E-state index contributed by atoms with van der Waals surface area (Å²) in [6, 6.07) is 14.8. The van der Waals surface area contributed by atoms with Gasteiger partial charge in [-0.3, -0.25) is 4.79 Å². The van der Waals surface area contributed by atoms with E-state index in [2.05, 4.69) is 16.7 Å². The lowest BCUT2D eigenvalue weighted by Gasteiger charge is -2.10. The number of anilines is 1. The molecule has 0 radical (unpaired) electrons. The lowest BCUT2D eigenvalue weighted by atomic mass is 10.1. The van der Waals surface area contributed by atoms with Crippen LogP contribution in [0.25, 0.3) is 0 Å². The molecule has 6 nitrogen and oxygen atoms in total. The highest BCUT2D eigenvalue weighted by Crippen LogP contribution is 2.27. The largest absolute Gasteiger partial charge is 0.493 e. The van der Waals surface area contributed by atoms with E-state index in [-0.39, 0.29) is 5.91 Å². The minimum atomic E-state index is -0.0845. The van der Waals surface area contributed by atoms with Crippen molar-refractivity contribution in [3.8, 4) is 17.6 Å². The van der Waals surface area contributed by atoms with Crippen LogP contribution in [-0.4, -0.2) is 33.2 Å². The Kier molecular flexibility index (Phi) is 7.47. The number of nitrogens with zero attached hydrogens (tertiary/aromatic N) is 1. The Morgan fingerprint density at radius 3 is 2.62 bits per heavy atom. The topological polar surface area (TPSA) is 83.4 Å². The second kappa shape index (κ2) is 10.1. The van der Waals surface area contributed by atoms with Crippen molar-refractivity contribution in [2.24, 2.45) is 0 Å². The number of carbonyl (C=O) groups excluding carboxylic acids is 1. The van der Waals surface area contributed by atoms with Crippen LogP contribution in [0.4, 0.5) is 5.69 Å². The fourth-order valence-corrected chi connectivity index (χ4v) is 2.49. The van der Waals surface area contributed by atoms with Crippen LogP contribution in [0.3, 0.4) is 0 Å². The van der Waals surface area contributed by atoms with Gasteiger partial charge in [0.15, 0.2) is 11.5 Å². The van der Waals surface area contributed by atoms with Gasteiger partial charge in [0, 0.05) is 18.7 Å². The van der Waals surface area contributed by atoms with Crippen LogP contribution in [0.2, 0.25) is 0 Å². The van der Waals surface area contributed by atoms with Crippen LogP contribution in [0.5, 0.6) is 11.5 Å². The van der Waals surface area contributed by atoms with Crippen LogP contribution in [-0.2, 0) is 11.2 Å². The molecule has 0 aliphatic carbocycles. The molecule has 26 heavy (non-hydrogen) atoms. The monoisotopic (exact) mass is 353 g/mol. The molecule has 2 aromatic rings. The lowest BCUT2D eigenvalue weighted by Crippen LogP contribution is -2.23. The minimum absolute atomic E-state index is 0.0845. The van der Waals surface area contributed by atoms with E-state index in [0.29, 0.717) is 35.7 Å². The number of amides is 1. The van der Waals surface area contributed by atoms with Crippen molar-refractivity contribution >= 4 is 11.6 Å². The third kappa shape index (κ3) is 5.80. The van der Waals surface area contributed by atoms with E-state index < -0.39 is 0 Å². The summed E-state index contributed by atoms with van der Waals surface area (Å²) in [5.74, 6) is 1.34. The van der Waals surface area contributed by atoms with Gasteiger partial charge in [-0.2, -0.15) is 5.26 Å². The molecule has 0 saturated carbocycles. The Bertz CT molecular complexity index is 784. The van der Waals surface area contributed by atoms with Crippen molar-refractivity contribution in [2.45, 2.75) is 12.8 Å². The smallest absolute Gasteiger partial charge is 0.225 e. The third-order valence-electron chi connectivity index (χ3n) is 3.84. The molecule has 136 valence electrons. The molecule has 6 heteroatoms. The maximum atomic E-state index is 11.9. The van der Waals surface area contributed by atoms with Gasteiger partial charge in [-0.15, -0.1) is 0 Å². The molecule has 0 aliphatic heterocycles. The van der Waals surface area contributed by atoms with Crippen molar-refractivity contribution in [3.63, 3.8) is 0 Å². The lowest BCUT2D eigenvalue weighted by molar-refractivity contribution is -0.116. The van der Waals surface area contributed by atoms with Gasteiger partial charge >= 0.3 is 0 Å². The quantitative estimate of drug-likeness (QED) is 0.677. The van der Waals surface area contributed by atoms with Gasteiger partial charge in [-0.05, 0) is 48.9 Å². The Morgan fingerprint density at radius 2 is 1.88 bits per heavy atom. The molecule has 0 saturated heterocycles. The van der Waals surface area contributed by atoms with Gasteiger partial charge in [0.25, 0.3) is 0 Å². The maximum absolute atomic E-state index is 11.9. The summed E-state index contributed by atoms with van der Waals surface area (Å²) < 4.78 is 10.5. The number of carbonyl (C=O) groups is 1. The van der Waals surface area contributed by atoms with Crippen LogP contribution < -0.4 is 20.1 Å². The number of benzene rings is 2. The summed E-state index contributed by atoms with van der Waals surface area (Å²) in [6.45, 7) is 1.34. The molecular formula is C20H23N3O3. The zero-order valence-electron chi connectivity index (χ0n) is 15.0. The highest BCUT2D eigenvalue weighted by Gasteiger charge is 2.05. The zero-order valence-corrected chi connectivity index (χ0v) is 15.0. The standard InChI is InChI=1S/C20H23N3O3/c1-25-18-7-6-15(13-19(18)26-2)8-10-22-11-9-20(24)23-17-5-3-4-16(12-17)14-21/h3-7,12-13,22H,8-11H2,1-2H3,(H,23,24). The normalized spacial score (nSPS) is 10.0. The van der Waals surface area contributed by atoms with Gasteiger partial charge in [0.2, 0.25) is 5.91 Å². The Labute approximate surface area is 153 Å². The second-order valence-corrected chi connectivity index (χ2v) is 5.68. The number of nitriles is 1. The van der Waals surface area contributed by atoms with E-state index in [1.807, 2.05) is 18.2 Å². The molecule has 1 amide bonds. The first-order valence-corrected chi connectivity index (χ1v) is 8.38. The van der Waals surface area contributed by atoms with E-state index in [1.165, 1.54) is 0 Å². The van der Waals surface area contributed by atoms with Crippen LogP contribution in [0.15, 0.2) is 42.5 Å². The molecule has 0 aromatic heterocycles. The average molecular weight is 353 g/mol. The van der Waals surface area contributed by atoms with Gasteiger partial charge < -0.3 is 20.1 Å².